The van der Waals surface area contributed by atoms with Crippen molar-refractivity contribution in [2.24, 2.45) is 5.92 Å². The van der Waals surface area contributed by atoms with Crippen molar-refractivity contribution < 1.29 is 14.3 Å². The van der Waals surface area contributed by atoms with E-state index in [0.717, 1.165) is 37.0 Å². The van der Waals surface area contributed by atoms with Crippen LogP contribution in [0.25, 0.3) is 10.9 Å². The maximum Gasteiger partial charge on any atom is 0.253 e. The van der Waals surface area contributed by atoms with E-state index in [1.807, 2.05) is 25.3 Å². The van der Waals surface area contributed by atoms with E-state index in [-0.39, 0.29) is 5.91 Å². The highest BCUT2D eigenvalue weighted by atomic mass is 35.5. The summed E-state index contributed by atoms with van der Waals surface area (Å²) < 4.78 is 11.3. The Hall–Kier alpha value is -2.57. The van der Waals surface area contributed by atoms with Crippen LogP contribution in [0.2, 0.25) is 5.02 Å². The van der Waals surface area contributed by atoms with Crippen molar-refractivity contribution in [3.63, 3.8) is 0 Å². The Morgan fingerprint density at radius 2 is 2.21 bits per heavy atom. The number of aromatic nitrogens is 2. The monoisotopic (exact) mass is 399 g/mol. The van der Waals surface area contributed by atoms with Crippen molar-refractivity contribution in [3.05, 3.63) is 52.8 Å². The van der Waals surface area contributed by atoms with E-state index in [1.165, 1.54) is 0 Å². The van der Waals surface area contributed by atoms with Crippen LogP contribution in [0.3, 0.4) is 0 Å². The van der Waals surface area contributed by atoms with Crippen LogP contribution in [-0.2, 0) is 4.74 Å². The fourth-order valence-corrected chi connectivity index (χ4v) is 3.64. The largest absolute Gasteiger partial charge is 0.437 e. The van der Waals surface area contributed by atoms with Crippen LogP contribution < -0.4 is 10.1 Å². The number of nitrogens with zero attached hydrogens (tertiary/aromatic N) is 1. The van der Waals surface area contributed by atoms with Gasteiger partial charge in [0.1, 0.15) is 11.3 Å². The van der Waals surface area contributed by atoms with Crippen LogP contribution in [0.4, 0.5) is 0 Å². The lowest BCUT2D eigenvalue weighted by Gasteiger charge is -2.22. The predicted molar refractivity (Wildman–Crippen MR) is 108 cm³/mol. The summed E-state index contributed by atoms with van der Waals surface area (Å²) in [4.78, 5) is 20.4. The number of ether oxygens (including phenoxy) is 2. The predicted octanol–water partition coefficient (Wildman–Crippen LogP) is 4.47. The van der Waals surface area contributed by atoms with Gasteiger partial charge in [-0.2, -0.15) is 0 Å². The summed E-state index contributed by atoms with van der Waals surface area (Å²) in [5, 5.41) is 4.45. The van der Waals surface area contributed by atoms with E-state index >= 15 is 0 Å². The fourth-order valence-electron chi connectivity index (χ4n) is 3.46. The minimum atomic E-state index is -0.124. The number of hydrogen-bond donors (Lipinski definition) is 2. The second kappa shape index (κ2) is 8.20. The first-order valence-corrected chi connectivity index (χ1v) is 9.75. The van der Waals surface area contributed by atoms with E-state index in [2.05, 4.69) is 15.3 Å². The first kappa shape index (κ1) is 18.8. The molecule has 7 heteroatoms. The highest BCUT2D eigenvalue weighted by Crippen LogP contribution is 2.32. The lowest BCUT2D eigenvalue weighted by molar-refractivity contribution is 0.0643. The van der Waals surface area contributed by atoms with Gasteiger partial charge >= 0.3 is 0 Å². The average molecular weight is 400 g/mol. The molecule has 0 atom stereocenters. The number of hydrogen-bond acceptors (Lipinski definition) is 4. The third kappa shape index (κ3) is 3.98. The first-order valence-electron chi connectivity index (χ1n) is 9.38. The number of amides is 1. The Labute approximate surface area is 168 Å². The van der Waals surface area contributed by atoms with Gasteiger partial charge in [0.15, 0.2) is 0 Å². The number of aromatic amines is 1. The van der Waals surface area contributed by atoms with Crippen LogP contribution in [0, 0.1) is 12.8 Å². The number of rotatable bonds is 5. The quantitative estimate of drug-likeness (QED) is 0.663. The van der Waals surface area contributed by atoms with Gasteiger partial charge in [0.05, 0.1) is 5.56 Å². The molecule has 2 N–H and O–H groups in total. The molecule has 1 aliphatic heterocycles. The van der Waals surface area contributed by atoms with Crippen LogP contribution in [-0.4, -0.2) is 35.6 Å². The molecule has 1 aliphatic rings. The minimum Gasteiger partial charge on any atom is -0.437 e. The van der Waals surface area contributed by atoms with E-state index in [4.69, 9.17) is 21.1 Å². The zero-order valence-corrected chi connectivity index (χ0v) is 16.4. The topological polar surface area (TPSA) is 76.2 Å². The van der Waals surface area contributed by atoms with Gasteiger partial charge in [-0.3, -0.25) is 4.79 Å². The SMILES string of the molecule is Cc1c[nH]c2c(Oc3cccc(Cl)c3)ncc(C(=O)NCC3CCOCC3)c12. The third-order valence-electron chi connectivity index (χ3n) is 5.02. The van der Waals surface area contributed by atoms with Crippen molar-refractivity contribution >= 4 is 28.4 Å². The van der Waals surface area contributed by atoms with Gasteiger partial charge in [0.2, 0.25) is 5.88 Å². The van der Waals surface area contributed by atoms with Crippen LogP contribution in [0.5, 0.6) is 11.6 Å². The maximum atomic E-state index is 12.8. The summed E-state index contributed by atoms with van der Waals surface area (Å²) >= 11 is 6.03. The lowest BCUT2D eigenvalue weighted by atomic mass is 10.00. The second-order valence-electron chi connectivity index (χ2n) is 7.02. The molecule has 2 aromatic heterocycles. The number of halogens is 1. The van der Waals surface area contributed by atoms with E-state index in [1.54, 1.807) is 18.3 Å². The smallest absolute Gasteiger partial charge is 0.253 e. The van der Waals surface area contributed by atoms with Crippen LogP contribution in [0.1, 0.15) is 28.8 Å². The summed E-state index contributed by atoms with van der Waals surface area (Å²) in [6, 6.07) is 7.12. The Bertz CT molecular complexity index is 996. The number of carbonyl (C=O) groups is 1. The molecule has 3 aromatic rings. The lowest BCUT2D eigenvalue weighted by Crippen LogP contribution is -2.32. The van der Waals surface area contributed by atoms with E-state index in [9.17, 15) is 4.79 Å². The van der Waals surface area contributed by atoms with E-state index < -0.39 is 0 Å². The molecule has 0 unspecified atom stereocenters. The number of aryl methyl sites for hydroxylation is 1. The summed E-state index contributed by atoms with van der Waals surface area (Å²) in [6.07, 6.45) is 5.38. The van der Waals surface area contributed by atoms with Crippen molar-refractivity contribution in [3.8, 4) is 11.6 Å². The van der Waals surface area contributed by atoms with Gasteiger partial charge in [0, 0.05) is 42.6 Å². The zero-order valence-electron chi connectivity index (χ0n) is 15.6. The highest BCUT2D eigenvalue weighted by molar-refractivity contribution is 6.30. The standard InChI is InChI=1S/C21H22ClN3O3/c1-13-10-23-19-18(13)17(20(26)24-11-14-5-7-27-8-6-14)12-25-21(19)28-16-4-2-3-15(22)9-16/h2-4,9-10,12,14,23H,5-8,11H2,1H3,(H,24,26). The van der Waals surface area contributed by atoms with Crippen LogP contribution in [0.15, 0.2) is 36.7 Å². The summed E-state index contributed by atoms with van der Waals surface area (Å²) in [6.45, 7) is 4.13. The Morgan fingerprint density at radius 3 is 3.00 bits per heavy atom. The number of nitrogens with one attached hydrogen (secondary N) is 2. The summed E-state index contributed by atoms with van der Waals surface area (Å²) in [5.74, 6) is 1.33. The molecule has 1 amide bonds. The number of fused-ring (bicyclic) bond motifs is 1. The third-order valence-corrected chi connectivity index (χ3v) is 5.25. The molecule has 146 valence electrons. The van der Waals surface area contributed by atoms with Crippen LogP contribution >= 0.6 is 11.6 Å². The Kier molecular flexibility index (Phi) is 5.50. The molecule has 4 rings (SSSR count). The molecular formula is C21H22ClN3O3. The van der Waals surface area contributed by atoms with Crippen molar-refractivity contribution in [2.75, 3.05) is 19.8 Å². The molecule has 28 heavy (non-hydrogen) atoms. The second-order valence-corrected chi connectivity index (χ2v) is 7.46. The van der Waals surface area contributed by atoms with Crippen molar-refractivity contribution in [1.29, 1.82) is 0 Å². The highest BCUT2D eigenvalue weighted by Gasteiger charge is 2.20. The summed E-state index contributed by atoms with van der Waals surface area (Å²) in [5.41, 5.74) is 2.19. The molecule has 6 nitrogen and oxygen atoms in total. The van der Waals surface area contributed by atoms with Crippen molar-refractivity contribution in [1.82, 2.24) is 15.3 Å². The molecule has 0 spiro atoms. The Morgan fingerprint density at radius 1 is 1.39 bits per heavy atom. The van der Waals surface area contributed by atoms with Gasteiger partial charge in [-0.1, -0.05) is 17.7 Å². The fraction of sp³-hybridized carbons (Fsp3) is 0.333. The van der Waals surface area contributed by atoms with Crippen molar-refractivity contribution in [2.45, 2.75) is 19.8 Å². The first-order chi connectivity index (χ1) is 13.6. The molecule has 0 saturated carbocycles. The maximum absolute atomic E-state index is 12.8. The molecule has 0 aliphatic carbocycles. The Balaban J connectivity index is 1.58. The van der Waals surface area contributed by atoms with Gasteiger partial charge in [-0.25, -0.2) is 4.98 Å². The van der Waals surface area contributed by atoms with Gasteiger partial charge in [0.25, 0.3) is 5.91 Å². The number of pyridine rings is 1. The zero-order chi connectivity index (χ0) is 19.5. The summed E-state index contributed by atoms with van der Waals surface area (Å²) in [7, 11) is 0. The number of benzene rings is 1. The minimum absolute atomic E-state index is 0.124. The van der Waals surface area contributed by atoms with Gasteiger partial charge < -0.3 is 19.8 Å². The normalized spacial score (nSPS) is 14.9. The number of H-pyrrole nitrogens is 1. The molecule has 1 aromatic carbocycles. The molecule has 1 saturated heterocycles. The molecule has 3 heterocycles. The average Bonchev–Trinajstić information content (AvgIpc) is 3.10. The van der Waals surface area contributed by atoms with Gasteiger partial charge in [-0.15, -0.1) is 0 Å². The van der Waals surface area contributed by atoms with Gasteiger partial charge in [-0.05, 0) is 49.4 Å². The molecule has 1 fully saturated rings. The molecule has 0 radical (unpaired) electrons. The number of carbonyl (C=O) groups excluding carboxylic acids is 1. The molecule has 0 bridgehead atoms. The molecular weight excluding hydrogens is 378 g/mol. The van der Waals surface area contributed by atoms with E-state index in [0.29, 0.717) is 40.2 Å².